The van der Waals surface area contributed by atoms with Crippen molar-refractivity contribution in [2.24, 2.45) is 0 Å². The number of halogens is 5. The van der Waals surface area contributed by atoms with Crippen molar-refractivity contribution in [1.29, 1.82) is 0 Å². The summed E-state index contributed by atoms with van der Waals surface area (Å²) in [5, 5.41) is 9.95. The number of hydrogen-bond acceptors (Lipinski definition) is 5. The summed E-state index contributed by atoms with van der Waals surface area (Å²) in [6.07, 6.45) is -0.583. The normalized spacial score (nSPS) is 11.7. The number of carbonyl (C=O) groups excluding carboxylic acids is 1. The fourth-order valence-corrected chi connectivity index (χ4v) is 3.80. The standard InChI is InChI=1S/C21H14Cl2F3N5O2/c22-18-17(19(23)29-11-28-18)20(33)31(7-8-32)13-1-3-15-12(9-13)5-6-30(15)14-2-4-16(27-10-14)21(24,25)26/h1-6,9-11,32H,7-8H2. The first-order valence-corrected chi connectivity index (χ1v) is 10.2. The summed E-state index contributed by atoms with van der Waals surface area (Å²) in [7, 11) is 0. The average molecular weight is 496 g/mol. The first kappa shape index (κ1) is 23.0. The Kier molecular flexibility index (Phi) is 6.24. The number of pyridine rings is 1. The van der Waals surface area contributed by atoms with Crippen molar-refractivity contribution in [2.75, 3.05) is 18.1 Å². The maximum atomic E-state index is 13.1. The minimum Gasteiger partial charge on any atom is -0.395 e. The Balaban J connectivity index is 1.71. The molecule has 12 heteroatoms. The molecule has 0 aliphatic rings. The van der Waals surface area contributed by atoms with E-state index >= 15 is 0 Å². The number of aromatic nitrogens is 4. The minimum absolute atomic E-state index is 0.0462. The van der Waals surface area contributed by atoms with Gasteiger partial charge in [-0.2, -0.15) is 13.2 Å². The second kappa shape index (κ2) is 8.97. The summed E-state index contributed by atoms with van der Waals surface area (Å²) < 4.78 is 40.0. The van der Waals surface area contributed by atoms with E-state index in [9.17, 15) is 23.1 Å². The quantitative estimate of drug-likeness (QED) is 0.402. The molecular weight excluding hydrogens is 482 g/mol. The monoisotopic (exact) mass is 495 g/mol. The third-order valence-electron chi connectivity index (χ3n) is 4.84. The summed E-state index contributed by atoms with van der Waals surface area (Å²) in [4.78, 5) is 25.5. The van der Waals surface area contributed by atoms with Gasteiger partial charge >= 0.3 is 6.18 Å². The third kappa shape index (κ3) is 4.50. The van der Waals surface area contributed by atoms with Gasteiger partial charge in [-0.1, -0.05) is 23.2 Å². The molecule has 0 spiro atoms. The SMILES string of the molecule is O=C(c1c(Cl)ncnc1Cl)N(CCO)c1ccc2c(ccn2-c2ccc(C(F)(F)F)nc2)c1. The zero-order chi connectivity index (χ0) is 23.8. The molecule has 0 aliphatic heterocycles. The molecule has 7 nitrogen and oxygen atoms in total. The molecule has 0 aliphatic carbocycles. The van der Waals surface area contributed by atoms with Crippen molar-refractivity contribution in [3.05, 3.63) is 76.7 Å². The fourth-order valence-electron chi connectivity index (χ4n) is 3.32. The van der Waals surface area contributed by atoms with E-state index in [1.54, 1.807) is 35.0 Å². The highest BCUT2D eigenvalue weighted by molar-refractivity contribution is 6.39. The Labute approximate surface area is 195 Å². The lowest BCUT2D eigenvalue weighted by Gasteiger charge is -2.22. The van der Waals surface area contributed by atoms with Crippen LogP contribution < -0.4 is 4.90 Å². The van der Waals surface area contributed by atoms with Crippen LogP contribution in [0, 0.1) is 0 Å². The summed E-state index contributed by atoms with van der Waals surface area (Å²) in [6.45, 7) is -0.375. The maximum absolute atomic E-state index is 13.1. The largest absolute Gasteiger partial charge is 0.433 e. The van der Waals surface area contributed by atoms with Gasteiger partial charge in [0, 0.05) is 23.8 Å². The Bertz CT molecular complexity index is 1310. The Morgan fingerprint density at radius 3 is 2.39 bits per heavy atom. The van der Waals surface area contributed by atoms with Crippen LogP contribution in [-0.4, -0.2) is 43.7 Å². The molecule has 4 aromatic rings. The van der Waals surface area contributed by atoms with Gasteiger partial charge in [0.1, 0.15) is 27.9 Å². The van der Waals surface area contributed by atoms with Gasteiger partial charge in [0.05, 0.1) is 24.0 Å². The molecule has 0 radical (unpaired) electrons. The molecule has 1 N–H and O–H groups in total. The lowest BCUT2D eigenvalue weighted by Crippen LogP contribution is -2.34. The van der Waals surface area contributed by atoms with Crippen LogP contribution in [0.3, 0.4) is 0 Å². The second-order valence-corrected chi connectivity index (χ2v) is 7.55. The summed E-state index contributed by atoms with van der Waals surface area (Å²) in [6, 6.07) is 9.00. The maximum Gasteiger partial charge on any atom is 0.433 e. The topological polar surface area (TPSA) is 84.1 Å². The smallest absolute Gasteiger partial charge is 0.395 e. The molecule has 0 unspecified atom stereocenters. The number of alkyl halides is 3. The zero-order valence-corrected chi connectivity index (χ0v) is 18.1. The zero-order valence-electron chi connectivity index (χ0n) is 16.6. The predicted molar refractivity (Wildman–Crippen MR) is 117 cm³/mol. The molecule has 3 heterocycles. The van der Waals surface area contributed by atoms with Gasteiger partial charge in [-0.25, -0.2) is 15.0 Å². The van der Waals surface area contributed by atoms with E-state index in [1.807, 2.05) is 0 Å². The summed E-state index contributed by atoms with van der Waals surface area (Å²) in [5.41, 5.74) is 0.485. The van der Waals surface area contributed by atoms with E-state index in [0.29, 0.717) is 22.3 Å². The lowest BCUT2D eigenvalue weighted by molar-refractivity contribution is -0.141. The number of amides is 1. The van der Waals surface area contributed by atoms with Gasteiger partial charge in [0.25, 0.3) is 5.91 Å². The lowest BCUT2D eigenvalue weighted by atomic mass is 10.2. The second-order valence-electron chi connectivity index (χ2n) is 6.84. The van der Waals surface area contributed by atoms with Crippen molar-refractivity contribution in [3.8, 4) is 5.69 Å². The van der Waals surface area contributed by atoms with Crippen LogP contribution in [0.2, 0.25) is 10.3 Å². The number of aliphatic hydroxyl groups excluding tert-OH is 1. The minimum atomic E-state index is -4.52. The number of rotatable bonds is 5. The van der Waals surface area contributed by atoms with Gasteiger partial charge in [-0.15, -0.1) is 0 Å². The molecule has 1 amide bonds. The van der Waals surface area contributed by atoms with Crippen molar-refractivity contribution in [1.82, 2.24) is 19.5 Å². The molecule has 0 saturated heterocycles. The van der Waals surface area contributed by atoms with Gasteiger partial charge in [-0.05, 0) is 36.4 Å². The van der Waals surface area contributed by atoms with Crippen LogP contribution in [0.5, 0.6) is 0 Å². The number of nitrogens with zero attached hydrogens (tertiary/aromatic N) is 5. The van der Waals surface area contributed by atoms with E-state index in [0.717, 1.165) is 18.6 Å². The predicted octanol–water partition coefficient (Wildman–Crippen LogP) is 4.78. The van der Waals surface area contributed by atoms with Crippen LogP contribution in [0.15, 0.2) is 55.1 Å². The van der Waals surface area contributed by atoms with Crippen LogP contribution in [-0.2, 0) is 6.18 Å². The van der Waals surface area contributed by atoms with Crippen molar-refractivity contribution in [2.45, 2.75) is 6.18 Å². The highest BCUT2D eigenvalue weighted by atomic mass is 35.5. The Morgan fingerprint density at radius 2 is 1.79 bits per heavy atom. The third-order valence-corrected chi connectivity index (χ3v) is 5.41. The molecule has 170 valence electrons. The molecular formula is C21H14Cl2F3N5O2. The van der Waals surface area contributed by atoms with Gasteiger partial charge in [0.2, 0.25) is 0 Å². The first-order valence-electron chi connectivity index (χ1n) is 9.44. The molecule has 0 fully saturated rings. The van der Waals surface area contributed by atoms with Crippen LogP contribution in [0.4, 0.5) is 18.9 Å². The average Bonchev–Trinajstić information content (AvgIpc) is 3.20. The molecule has 0 saturated carbocycles. The number of carbonyl (C=O) groups is 1. The Morgan fingerprint density at radius 1 is 1.06 bits per heavy atom. The Hall–Kier alpha value is -3.21. The van der Waals surface area contributed by atoms with E-state index in [4.69, 9.17) is 23.2 Å². The van der Waals surface area contributed by atoms with Crippen molar-refractivity contribution in [3.63, 3.8) is 0 Å². The van der Waals surface area contributed by atoms with Gasteiger partial charge in [-0.3, -0.25) is 4.79 Å². The van der Waals surface area contributed by atoms with Crippen LogP contribution in [0.25, 0.3) is 16.6 Å². The molecule has 0 bridgehead atoms. The summed E-state index contributed by atoms with van der Waals surface area (Å²) >= 11 is 12.1. The molecule has 3 aromatic heterocycles. The van der Waals surface area contributed by atoms with Gasteiger partial charge in [0.15, 0.2) is 0 Å². The number of anilines is 1. The van der Waals surface area contributed by atoms with Crippen molar-refractivity contribution < 1.29 is 23.1 Å². The van der Waals surface area contributed by atoms with Crippen LogP contribution in [0.1, 0.15) is 16.1 Å². The molecule has 1 aromatic carbocycles. The number of benzene rings is 1. The van der Waals surface area contributed by atoms with Gasteiger partial charge < -0.3 is 14.6 Å². The highest BCUT2D eigenvalue weighted by Gasteiger charge is 2.32. The number of aliphatic hydroxyl groups is 1. The first-order chi connectivity index (χ1) is 15.7. The highest BCUT2D eigenvalue weighted by Crippen LogP contribution is 2.30. The van der Waals surface area contributed by atoms with Crippen LogP contribution >= 0.6 is 23.2 Å². The molecule has 33 heavy (non-hydrogen) atoms. The van der Waals surface area contributed by atoms with E-state index in [-0.39, 0.29) is 29.0 Å². The summed E-state index contributed by atoms with van der Waals surface area (Å²) in [5.74, 6) is -0.592. The molecule has 4 rings (SSSR count). The number of hydrogen-bond donors (Lipinski definition) is 1. The fraction of sp³-hybridized carbons (Fsp3) is 0.143. The van der Waals surface area contributed by atoms with E-state index in [1.165, 1.54) is 11.0 Å². The van der Waals surface area contributed by atoms with E-state index < -0.39 is 17.8 Å². The van der Waals surface area contributed by atoms with E-state index in [2.05, 4.69) is 15.0 Å². The number of fused-ring (bicyclic) bond motifs is 1. The molecule has 0 atom stereocenters. The van der Waals surface area contributed by atoms with Crippen molar-refractivity contribution >= 4 is 45.7 Å².